The molecule has 5 nitrogen and oxygen atoms in total. The molecule has 1 amide bonds. The van der Waals surface area contributed by atoms with Gasteiger partial charge >= 0.3 is 0 Å². The Kier molecular flexibility index (Phi) is 4.79. The van der Waals surface area contributed by atoms with Crippen LogP contribution in [0.2, 0.25) is 0 Å². The molecule has 0 unspecified atom stereocenters. The minimum atomic E-state index is -0.315. The number of rotatable bonds is 4. The third-order valence-electron chi connectivity index (χ3n) is 4.60. The van der Waals surface area contributed by atoms with Crippen LogP contribution in [0.25, 0.3) is 11.3 Å². The molecule has 1 fully saturated rings. The number of H-pyrrole nitrogens is 1. The Balaban J connectivity index is 1.81. The summed E-state index contributed by atoms with van der Waals surface area (Å²) < 4.78 is 0. The van der Waals surface area contributed by atoms with Gasteiger partial charge in [0, 0.05) is 24.8 Å². The predicted molar refractivity (Wildman–Crippen MR) is 87.9 cm³/mol. The number of piperidine rings is 1. The van der Waals surface area contributed by atoms with Gasteiger partial charge in [-0.15, -0.1) is 0 Å². The van der Waals surface area contributed by atoms with Crippen molar-refractivity contribution < 1.29 is 15.0 Å². The van der Waals surface area contributed by atoms with Gasteiger partial charge in [0.15, 0.2) is 0 Å². The number of aliphatic hydroxyl groups excluding tert-OH is 2. The molecule has 1 aliphatic rings. The van der Waals surface area contributed by atoms with E-state index in [1.807, 2.05) is 36.4 Å². The summed E-state index contributed by atoms with van der Waals surface area (Å²) in [7, 11) is 0. The number of amides is 1. The second-order valence-corrected chi connectivity index (χ2v) is 5.99. The van der Waals surface area contributed by atoms with Gasteiger partial charge in [0.25, 0.3) is 5.91 Å². The lowest BCUT2D eigenvalue weighted by atomic mass is 9.90. The number of nitrogens with zero attached hydrogens (tertiary/aromatic N) is 1. The average Bonchev–Trinajstić information content (AvgIpc) is 3.11. The quantitative estimate of drug-likeness (QED) is 0.806. The van der Waals surface area contributed by atoms with Crippen molar-refractivity contribution in [2.24, 2.45) is 5.92 Å². The van der Waals surface area contributed by atoms with Crippen LogP contribution in [0.4, 0.5) is 0 Å². The molecule has 1 saturated heterocycles. The molecule has 3 rings (SSSR count). The van der Waals surface area contributed by atoms with Gasteiger partial charge in [0.1, 0.15) is 5.69 Å². The van der Waals surface area contributed by atoms with E-state index in [-0.39, 0.29) is 31.1 Å². The number of aliphatic hydroxyl groups is 2. The second kappa shape index (κ2) is 6.98. The summed E-state index contributed by atoms with van der Waals surface area (Å²) in [5.41, 5.74) is 2.43. The normalized spacial score (nSPS) is 21.4. The molecule has 23 heavy (non-hydrogen) atoms. The van der Waals surface area contributed by atoms with E-state index in [0.29, 0.717) is 12.2 Å². The molecule has 1 aromatic carbocycles. The van der Waals surface area contributed by atoms with Gasteiger partial charge in [-0.3, -0.25) is 4.79 Å². The van der Waals surface area contributed by atoms with Crippen molar-refractivity contribution in [1.29, 1.82) is 0 Å². The molecule has 0 aliphatic carbocycles. The molecule has 0 radical (unpaired) electrons. The molecule has 5 heteroatoms. The minimum absolute atomic E-state index is 0.00496. The number of carbonyl (C=O) groups is 1. The molecule has 2 atom stereocenters. The lowest BCUT2D eigenvalue weighted by molar-refractivity contribution is 0.0185. The topological polar surface area (TPSA) is 76.6 Å². The molecule has 0 saturated carbocycles. The molecule has 2 aromatic rings. The van der Waals surface area contributed by atoms with E-state index in [0.717, 1.165) is 24.1 Å². The molecule has 0 bridgehead atoms. The van der Waals surface area contributed by atoms with Crippen molar-refractivity contribution >= 4 is 5.91 Å². The number of hydrogen-bond acceptors (Lipinski definition) is 3. The van der Waals surface area contributed by atoms with E-state index in [4.69, 9.17) is 0 Å². The highest BCUT2D eigenvalue weighted by Gasteiger charge is 2.34. The van der Waals surface area contributed by atoms with Gasteiger partial charge in [0.2, 0.25) is 0 Å². The highest BCUT2D eigenvalue weighted by atomic mass is 16.3. The van der Waals surface area contributed by atoms with Gasteiger partial charge < -0.3 is 20.1 Å². The summed E-state index contributed by atoms with van der Waals surface area (Å²) in [5.74, 6) is -0.175. The van der Waals surface area contributed by atoms with Crippen LogP contribution in [0.3, 0.4) is 0 Å². The highest BCUT2D eigenvalue weighted by Crippen LogP contribution is 2.26. The number of aromatic nitrogens is 1. The van der Waals surface area contributed by atoms with E-state index in [1.165, 1.54) is 0 Å². The van der Waals surface area contributed by atoms with Crippen LogP contribution in [0.1, 0.15) is 23.3 Å². The third kappa shape index (κ3) is 3.16. The highest BCUT2D eigenvalue weighted by molar-refractivity contribution is 5.93. The van der Waals surface area contributed by atoms with E-state index in [1.54, 1.807) is 11.0 Å². The monoisotopic (exact) mass is 314 g/mol. The summed E-state index contributed by atoms with van der Waals surface area (Å²) >= 11 is 0. The van der Waals surface area contributed by atoms with Crippen LogP contribution in [0.5, 0.6) is 0 Å². The van der Waals surface area contributed by atoms with Crippen LogP contribution in [0, 0.1) is 5.92 Å². The number of aromatic amines is 1. The lowest BCUT2D eigenvalue weighted by Gasteiger charge is -2.39. The zero-order chi connectivity index (χ0) is 16.2. The first-order chi connectivity index (χ1) is 11.2. The van der Waals surface area contributed by atoms with Gasteiger partial charge in [-0.2, -0.15) is 0 Å². The predicted octanol–water partition coefficient (Wildman–Crippen LogP) is 1.89. The van der Waals surface area contributed by atoms with E-state index in [2.05, 4.69) is 4.98 Å². The fourth-order valence-electron chi connectivity index (χ4n) is 3.31. The molecule has 1 aromatic heterocycles. The fourth-order valence-corrected chi connectivity index (χ4v) is 3.31. The number of nitrogens with one attached hydrogen (secondary N) is 1. The summed E-state index contributed by atoms with van der Waals surface area (Å²) in [4.78, 5) is 17.6. The molecule has 2 heterocycles. The average molecular weight is 314 g/mol. The van der Waals surface area contributed by atoms with Crippen molar-refractivity contribution in [3.63, 3.8) is 0 Å². The maximum atomic E-state index is 12.8. The van der Waals surface area contributed by atoms with Crippen molar-refractivity contribution in [2.75, 3.05) is 19.8 Å². The molecule has 0 spiro atoms. The second-order valence-electron chi connectivity index (χ2n) is 5.99. The van der Waals surface area contributed by atoms with E-state index >= 15 is 0 Å². The number of benzene rings is 1. The van der Waals surface area contributed by atoms with Crippen LogP contribution >= 0.6 is 0 Å². The first kappa shape index (κ1) is 15.8. The molecule has 3 N–H and O–H groups in total. The van der Waals surface area contributed by atoms with Gasteiger partial charge in [-0.05, 0) is 30.5 Å². The minimum Gasteiger partial charge on any atom is -0.396 e. The van der Waals surface area contributed by atoms with Gasteiger partial charge in [-0.1, -0.05) is 30.3 Å². The first-order valence-corrected chi connectivity index (χ1v) is 8.01. The standard InChI is InChI=1S/C18H22N2O3/c21-11-14-7-4-10-20(17(14)12-22)18(23)16-9-8-15(19-16)13-5-2-1-3-6-13/h1-3,5-6,8-9,14,17,19,21-22H,4,7,10-12H2/t14-,17+/m0/s1. The zero-order valence-electron chi connectivity index (χ0n) is 13.0. The van der Waals surface area contributed by atoms with Crippen molar-refractivity contribution in [3.05, 3.63) is 48.2 Å². The van der Waals surface area contributed by atoms with Crippen LogP contribution in [-0.2, 0) is 0 Å². The molecule has 122 valence electrons. The van der Waals surface area contributed by atoms with Crippen LogP contribution in [0.15, 0.2) is 42.5 Å². The SMILES string of the molecule is O=C(c1ccc(-c2ccccc2)[nH]1)N1CCC[C@@H](CO)[C@H]1CO. The number of likely N-dealkylation sites (tertiary alicyclic amines) is 1. The maximum Gasteiger partial charge on any atom is 0.270 e. The van der Waals surface area contributed by atoms with Gasteiger partial charge in [-0.25, -0.2) is 0 Å². The number of hydrogen-bond donors (Lipinski definition) is 3. The Morgan fingerprint density at radius 1 is 1.13 bits per heavy atom. The first-order valence-electron chi connectivity index (χ1n) is 8.01. The lowest BCUT2D eigenvalue weighted by Crippen LogP contribution is -2.51. The Labute approximate surface area is 135 Å². The zero-order valence-corrected chi connectivity index (χ0v) is 13.0. The van der Waals surface area contributed by atoms with E-state index < -0.39 is 0 Å². The largest absolute Gasteiger partial charge is 0.396 e. The van der Waals surface area contributed by atoms with Crippen molar-refractivity contribution in [3.8, 4) is 11.3 Å². The maximum absolute atomic E-state index is 12.8. The Morgan fingerprint density at radius 2 is 1.91 bits per heavy atom. The molecule has 1 aliphatic heterocycles. The summed E-state index contributed by atoms with van der Waals surface area (Å²) in [6, 6.07) is 13.2. The Bertz CT molecular complexity index is 653. The fraction of sp³-hybridized carbons (Fsp3) is 0.389. The van der Waals surface area contributed by atoms with Crippen molar-refractivity contribution in [2.45, 2.75) is 18.9 Å². The summed E-state index contributed by atoms with van der Waals surface area (Å²) in [6.07, 6.45) is 1.69. The molecular weight excluding hydrogens is 292 g/mol. The summed E-state index contributed by atoms with van der Waals surface area (Å²) in [6.45, 7) is 0.485. The summed E-state index contributed by atoms with van der Waals surface area (Å²) in [5, 5.41) is 19.1. The van der Waals surface area contributed by atoms with Crippen LogP contribution in [-0.4, -0.2) is 51.8 Å². The van der Waals surface area contributed by atoms with Gasteiger partial charge in [0.05, 0.1) is 12.6 Å². The van der Waals surface area contributed by atoms with Crippen LogP contribution < -0.4 is 0 Å². The Morgan fingerprint density at radius 3 is 2.61 bits per heavy atom. The van der Waals surface area contributed by atoms with Crippen molar-refractivity contribution in [1.82, 2.24) is 9.88 Å². The smallest absolute Gasteiger partial charge is 0.270 e. The Hall–Kier alpha value is -2.11. The number of carbonyl (C=O) groups excluding carboxylic acids is 1. The van der Waals surface area contributed by atoms with E-state index in [9.17, 15) is 15.0 Å². The molecular formula is C18H22N2O3. The third-order valence-corrected chi connectivity index (χ3v) is 4.60.